The zero-order valence-corrected chi connectivity index (χ0v) is 10.8. The number of nitrogens with two attached hydrogens (primary N) is 1. The molecular formula is C13H18N2O4. The molecule has 104 valence electrons. The lowest BCUT2D eigenvalue weighted by Crippen LogP contribution is -2.47. The standard InChI is InChI=1S/C13H18N2O4/c1-2-19-13(18)11(14)12(17)15-8-7-9-3-5-10(16)6-4-9/h3-6,11,16H,2,7-8,14H2,1H3,(H,15,17). The predicted molar refractivity (Wildman–Crippen MR) is 69.4 cm³/mol. The maximum absolute atomic E-state index is 11.5. The average molecular weight is 266 g/mol. The third kappa shape index (κ3) is 4.97. The molecule has 0 saturated heterocycles. The van der Waals surface area contributed by atoms with E-state index in [1.54, 1.807) is 31.2 Å². The van der Waals surface area contributed by atoms with Crippen LogP contribution in [0.5, 0.6) is 5.75 Å². The highest BCUT2D eigenvalue weighted by atomic mass is 16.5. The Labute approximate surface area is 111 Å². The number of aromatic hydroxyl groups is 1. The van der Waals surface area contributed by atoms with Gasteiger partial charge in [-0.05, 0) is 31.0 Å². The molecule has 1 aromatic rings. The van der Waals surface area contributed by atoms with Gasteiger partial charge in [-0.3, -0.25) is 4.79 Å². The van der Waals surface area contributed by atoms with Crippen LogP contribution in [0.4, 0.5) is 0 Å². The second-order valence-corrected chi connectivity index (χ2v) is 3.94. The molecule has 0 radical (unpaired) electrons. The number of esters is 1. The molecule has 1 aromatic carbocycles. The summed E-state index contributed by atoms with van der Waals surface area (Å²) in [5, 5.41) is 11.7. The number of nitrogens with one attached hydrogen (secondary N) is 1. The first-order valence-electron chi connectivity index (χ1n) is 6.02. The summed E-state index contributed by atoms with van der Waals surface area (Å²) >= 11 is 0. The van der Waals surface area contributed by atoms with Crippen LogP contribution in [0.15, 0.2) is 24.3 Å². The Morgan fingerprint density at radius 1 is 1.37 bits per heavy atom. The summed E-state index contributed by atoms with van der Waals surface area (Å²) in [4.78, 5) is 22.7. The van der Waals surface area contributed by atoms with Crippen molar-refractivity contribution >= 4 is 11.9 Å². The highest BCUT2D eigenvalue weighted by Crippen LogP contribution is 2.09. The second kappa shape index (κ2) is 7.38. The van der Waals surface area contributed by atoms with Crippen molar-refractivity contribution in [1.82, 2.24) is 5.32 Å². The third-order valence-corrected chi connectivity index (χ3v) is 2.47. The SMILES string of the molecule is CCOC(=O)C(N)C(=O)NCCc1ccc(O)cc1. The van der Waals surface area contributed by atoms with Crippen LogP contribution in [0.3, 0.4) is 0 Å². The normalized spacial score (nSPS) is 11.7. The minimum absolute atomic E-state index is 0.188. The lowest BCUT2D eigenvalue weighted by molar-refractivity contribution is -0.147. The Kier molecular flexibility index (Phi) is 5.81. The minimum atomic E-state index is -1.29. The molecule has 1 amide bonds. The van der Waals surface area contributed by atoms with Gasteiger partial charge in [0.2, 0.25) is 5.91 Å². The summed E-state index contributed by atoms with van der Waals surface area (Å²) in [5.74, 6) is -1.10. The highest BCUT2D eigenvalue weighted by Gasteiger charge is 2.22. The number of rotatable bonds is 6. The zero-order chi connectivity index (χ0) is 14.3. The zero-order valence-electron chi connectivity index (χ0n) is 10.8. The number of carbonyl (C=O) groups excluding carboxylic acids is 2. The van der Waals surface area contributed by atoms with E-state index in [-0.39, 0.29) is 12.4 Å². The van der Waals surface area contributed by atoms with Crippen molar-refractivity contribution in [3.05, 3.63) is 29.8 Å². The predicted octanol–water partition coefficient (Wildman–Crippen LogP) is -0.0587. The van der Waals surface area contributed by atoms with Gasteiger partial charge in [-0.25, -0.2) is 4.79 Å². The van der Waals surface area contributed by atoms with Gasteiger partial charge in [0, 0.05) is 6.54 Å². The van der Waals surface area contributed by atoms with Crippen LogP contribution >= 0.6 is 0 Å². The summed E-state index contributed by atoms with van der Waals surface area (Å²) in [6.07, 6.45) is 0.585. The Morgan fingerprint density at radius 3 is 2.58 bits per heavy atom. The summed E-state index contributed by atoms with van der Waals surface area (Å²) < 4.78 is 4.65. The van der Waals surface area contributed by atoms with Gasteiger partial charge in [-0.1, -0.05) is 12.1 Å². The van der Waals surface area contributed by atoms with E-state index in [0.29, 0.717) is 13.0 Å². The van der Waals surface area contributed by atoms with Crippen molar-refractivity contribution in [2.45, 2.75) is 19.4 Å². The molecule has 0 fully saturated rings. The van der Waals surface area contributed by atoms with E-state index in [1.807, 2.05) is 0 Å². The average Bonchev–Trinajstić information content (AvgIpc) is 2.40. The van der Waals surface area contributed by atoms with Gasteiger partial charge in [0.05, 0.1) is 6.61 Å². The highest BCUT2D eigenvalue weighted by molar-refractivity contribution is 6.01. The fourth-order valence-corrected chi connectivity index (χ4v) is 1.44. The summed E-state index contributed by atoms with van der Waals surface area (Å²) in [6.45, 7) is 2.19. The molecular weight excluding hydrogens is 248 g/mol. The van der Waals surface area contributed by atoms with E-state index in [9.17, 15) is 9.59 Å². The molecule has 1 rings (SSSR count). The molecule has 0 bridgehead atoms. The molecule has 0 aliphatic carbocycles. The molecule has 6 heteroatoms. The first-order valence-corrected chi connectivity index (χ1v) is 6.02. The maximum Gasteiger partial charge on any atom is 0.332 e. The van der Waals surface area contributed by atoms with Crippen LogP contribution in [0.25, 0.3) is 0 Å². The number of ether oxygens (including phenoxy) is 1. The van der Waals surface area contributed by atoms with E-state index < -0.39 is 17.9 Å². The van der Waals surface area contributed by atoms with Gasteiger partial charge in [-0.15, -0.1) is 0 Å². The number of hydrogen-bond acceptors (Lipinski definition) is 5. The molecule has 1 unspecified atom stereocenters. The van der Waals surface area contributed by atoms with E-state index in [1.165, 1.54) is 0 Å². The molecule has 4 N–H and O–H groups in total. The summed E-state index contributed by atoms with van der Waals surface area (Å²) in [6, 6.07) is 5.36. The van der Waals surface area contributed by atoms with Crippen molar-refractivity contribution < 1.29 is 19.4 Å². The Bertz CT molecular complexity index is 431. The number of carbonyl (C=O) groups is 2. The summed E-state index contributed by atoms with van der Waals surface area (Å²) in [7, 11) is 0. The van der Waals surface area contributed by atoms with Crippen LogP contribution in [-0.4, -0.2) is 36.2 Å². The van der Waals surface area contributed by atoms with Crippen LogP contribution in [-0.2, 0) is 20.7 Å². The van der Waals surface area contributed by atoms with Crippen LogP contribution < -0.4 is 11.1 Å². The first kappa shape index (κ1) is 15.0. The van der Waals surface area contributed by atoms with Crippen molar-refractivity contribution in [3.63, 3.8) is 0 Å². The lowest BCUT2D eigenvalue weighted by Gasteiger charge is -2.11. The Hall–Kier alpha value is -2.08. The molecule has 19 heavy (non-hydrogen) atoms. The largest absolute Gasteiger partial charge is 0.508 e. The number of phenolic OH excluding ortho intramolecular Hbond substituents is 1. The quantitative estimate of drug-likeness (QED) is 0.494. The maximum atomic E-state index is 11.5. The fourth-order valence-electron chi connectivity index (χ4n) is 1.44. The van der Waals surface area contributed by atoms with Gasteiger partial charge in [-0.2, -0.15) is 0 Å². The molecule has 0 saturated carbocycles. The first-order chi connectivity index (χ1) is 9.04. The van der Waals surface area contributed by atoms with E-state index >= 15 is 0 Å². The molecule has 0 aliphatic heterocycles. The van der Waals surface area contributed by atoms with Crippen molar-refractivity contribution in [1.29, 1.82) is 0 Å². The van der Waals surface area contributed by atoms with Gasteiger partial charge >= 0.3 is 5.97 Å². The van der Waals surface area contributed by atoms with Crippen molar-refractivity contribution in [2.24, 2.45) is 5.73 Å². The van der Waals surface area contributed by atoms with Crippen LogP contribution in [0.1, 0.15) is 12.5 Å². The third-order valence-electron chi connectivity index (χ3n) is 2.47. The lowest BCUT2D eigenvalue weighted by atomic mass is 10.1. The fraction of sp³-hybridized carbons (Fsp3) is 0.385. The number of benzene rings is 1. The molecule has 6 nitrogen and oxygen atoms in total. The van der Waals surface area contributed by atoms with E-state index in [0.717, 1.165) is 5.56 Å². The molecule has 0 heterocycles. The smallest absolute Gasteiger partial charge is 0.332 e. The topological polar surface area (TPSA) is 102 Å². The van der Waals surface area contributed by atoms with Gasteiger partial charge in [0.1, 0.15) is 5.75 Å². The Balaban J connectivity index is 2.34. The van der Waals surface area contributed by atoms with Crippen molar-refractivity contribution in [3.8, 4) is 5.75 Å². The molecule has 0 aliphatic rings. The number of phenols is 1. The molecule has 1 atom stereocenters. The Morgan fingerprint density at radius 2 is 2.00 bits per heavy atom. The second-order valence-electron chi connectivity index (χ2n) is 3.94. The number of hydrogen-bond donors (Lipinski definition) is 3. The molecule has 0 aromatic heterocycles. The van der Waals surface area contributed by atoms with Crippen LogP contribution in [0.2, 0.25) is 0 Å². The minimum Gasteiger partial charge on any atom is -0.508 e. The van der Waals surface area contributed by atoms with Crippen molar-refractivity contribution in [2.75, 3.05) is 13.2 Å². The summed E-state index contributed by atoms with van der Waals surface area (Å²) in [5.41, 5.74) is 6.39. The van der Waals surface area contributed by atoms with Gasteiger partial charge in [0.25, 0.3) is 0 Å². The van der Waals surface area contributed by atoms with Gasteiger partial charge < -0.3 is 20.9 Å². The van der Waals surface area contributed by atoms with E-state index in [2.05, 4.69) is 10.1 Å². The van der Waals surface area contributed by atoms with Crippen LogP contribution in [0, 0.1) is 0 Å². The van der Waals surface area contributed by atoms with Gasteiger partial charge in [0.15, 0.2) is 6.04 Å². The number of amides is 1. The van der Waals surface area contributed by atoms with E-state index in [4.69, 9.17) is 10.8 Å². The monoisotopic (exact) mass is 266 g/mol. The molecule has 0 spiro atoms.